The molecule has 0 spiro atoms. The van der Waals surface area contributed by atoms with Crippen LogP contribution in [0.1, 0.15) is 24.4 Å². The summed E-state index contributed by atoms with van der Waals surface area (Å²) < 4.78 is 1.69. The zero-order valence-corrected chi connectivity index (χ0v) is 15.1. The van der Waals surface area contributed by atoms with Crippen molar-refractivity contribution in [2.45, 2.75) is 30.3 Å². The maximum Gasteiger partial charge on any atom is 0.295 e. The number of nitrogens with one attached hydrogen (secondary N) is 1. The van der Waals surface area contributed by atoms with Gasteiger partial charge in [0.25, 0.3) is 5.56 Å². The molecule has 128 valence electrons. The number of hydrogen-bond donors (Lipinski definition) is 1. The molecule has 4 rings (SSSR count). The van der Waals surface area contributed by atoms with Crippen LogP contribution in [0.2, 0.25) is 5.28 Å². The molecule has 1 aliphatic rings. The summed E-state index contributed by atoms with van der Waals surface area (Å²) in [4.78, 5) is 26.6. The minimum Gasteiger partial charge on any atom is -0.361 e. The van der Waals surface area contributed by atoms with Crippen LogP contribution in [0.4, 0.5) is 5.82 Å². The predicted molar refractivity (Wildman–Crippen MR) is 100 cm³/mol. The third-order valence-corrected chi connectivity index (χ3v) is 5.06. The summed E-state index contributed by atoms with van der Waals surface area (Å²) in [6.07, 6.45) is 5.54. The summed E-state index contributed by atoms with van der Waals surface area (Å²) >= 11 is 7.59. The maximum atomic E-state index is 12.8. The molecule has 0 aliphatic heterocycles. The molecule has 0 bridgehead atoms. The first-order valence-electron chi connectivity index (χ1n) is 7.97. The van der Waals surface area contributed by atoms with Gasteiger partial charge >= 0.3 is 0 Å². The molecule has 0 atom stereocenters. The highest BCUT2D eigenvalue weighted by Crippen LogP contribution is 2.35. The maximum absolute atomic E-state index is 12.8. The van der Waals surface area contributed by atoms with Crippen molar-refractivity contribution in [1.82, 2.24) is 19.5 Å². The van der Waals surface area contributed by atoms with Gasteiger partial charge in [-0.2, -0.15) is 4.98 Å². The molecule has 8 heteroatoms. The number of fused-ring (bicyclic) bond motifs is 1. The molecule has 2 heterocycles. The molecule has 1 fully saturated rings. The molecule has 1 N–H and O–H groups in total. The average Bonchev–Trinajstić information content (AvgIpc) is 3.45. The zero-order valence-electron chi connectivity index (χ0n) is 13.6. The predicted octanol–water partition coefficient (Wildman–Crippen LogP) is 3.51. The molecule has 0 unspecified atom stereocenters. The summed E-state index contributed by atoms with van der Waals surface area (Å²) in [7, 11) is 0. The minimum atomic E-state index is -0.162. The lowest BCUT2D eigenvalue weighted by atomic mass is 10.2. The number of anilines is 1. The Hall–Kier alpha value is -2.12. The molecule has 0 amide bonds. The third kappa shape index (κ3) is 3.34. The van der Waals surface area contributed by atoms with Crippen molar-refractivity contribution in [2.75, 3.05) is 11.6 Å². The number of nitrogens with zero attached hydrogens (tertiary/aromatic N) is 4. The van der Waals surface area contributed by atoms with Gasteiger partial charge in [-0.15, -0.1) is 11.8 Å². The molecular weight excluding hydrogens is 358 g/mol. The summed E-state index contributed by atoms with van der Waals surface area (Å²) in [5, 5.41) is 3.28. The lowest BCUT2D eigenvalue weighted by Crippen LogP contribution is -2.25. The van der Waals surface area contributed by atoms with Gasteiger partial charge in [-0.25, -0.2) is 9.97 Å². The summed E-state index contributed by atoms with van der Waals surface area (Å²) in [5.74, 6) is 0.319. The summed E-state index contributed by atoms with van der Waals surface area (Å²) in [5.41, 5.74) is 1.99. The highest BCUT2D eigenvalue weighted by atomic mass is 35.5. The Morgan fingerprint density at radius 1 is 1.28 bits per heavy atom. The Morgan fingerprint density at radius 3 is 2.72 bits per heavy atom. The van der Waals surface area contributed by atoms with Crippen LogP contribution in [0.3, 0.4) is 0 Å². The van der Waals surface area contributed by atoms with Crippen molar-refractivity contribution in [3.8, 4) is 0 Å². The van der Waals surface area contributed by atoms with Crippen LogP contribution in [0, 0.1) is 0 Å². The van der Waals surface area contributed by atoms with Gasteiger partial charge in [-0.1, -0.05) is 12.1 Å². The quantitative estimate of drug-likeness (QED) is 0.545. The first-order chi connectivity index (χ1) is 12.2. The fourth-order valence-corrected chi connectivity index (χ4v) is 3.23. The third-order valence-electron chi connectivity index (χ3n) is 4.13. The van der Waals surface area contributed by atoms with E-state index in [0.717, 1.165) is 18.4 Å². The first kappa shape index (κ1) is 16.4. The number of benzene rings is 1. The van der Waals surface area contributed by atoms with E-state index < -0.39 is 0 Å². The van der Waals surface area contributed by atoms with Crippen molar-refractivity contribution >= 4 is 40.3 Å². The van der Waals surface area contributed by atoms with Gasteiger partial charge in [0.1, 0.15) is 5.52 Å². The molecular formula is C17H16ClN5OS. The van der Waals surface area contributed by atoms with E-state index in [1.54, 1.807) is 22.5 Å². The standard InChI is InChI=1S/C17H16ClN5OS/c1-25-12-6-2-10(3-7-12)8-19-14-16(24)23(11-4-5-11)15-13(21-14)9-20-17(18)22-15/h2-3,6-7,9,11H,4-5,8H2,1H3,(H,19,21). The number of hydrogen-bond acceptors (Lipinski definition) is 6. The van der Waals surface area contributed by atoms with Crippen LogP contribution in [-0.2, 0) is 6.54 Å². The molecule has 6 nitrogen and oxygen atoms in total. The Kier molecular flexibility index (Phi) is 4.35. The van der Waals surface area contributed by atoms with Crippen molar-refractivity contribution in [3.05, 3.63) is 51.7 Å². The van der Waals surface area contributed by atoms with Crippen LogP contribution in [0.25, 0.3) is 11.2 Å². The van der Waals surface area contributed by atoms with Gasteiger partial charge in [-0.05, 0) is 48.4 Å². The minimum absolute atomic E-state index is 0.123. The van der Waals surface area contributed by atoms with E-state index in [1.165, 1.54) is 4.90 Å². The topological polar surface area (TPSA) is 72.7 Å². The number of rotatable bonds is 5. The van der Waals surface area contributed by atoms with E-state index in [9.17, 15) is 4.79 Å². The number of halogens is 1. The summed E-state index contributed by atoms with van der Waals surface area (Å²) in [6, 6.07) is 8.39. The van der Waals surface area contributed by atoms with E-state index in [2.05, 4.69) is 32.4 Å². The van der Waals surface area contributed by atoms with Crippen LogP contribution in [-0.4, -0.2) is 25.8 Å². The molecule has 1 aromatic carbocycles. The van der Waals surface area contributed by atoms with Gasteiger partial charge in [-0.3, -0.25) is 9.36 Å². The summed E-state index contributed by atoms with van der Waals surface area (Å²) in [6.45, 7) is 0.529. The van der Waals surface area contributed by atoms with Crippen molar-refractivity contribution < 1.29 is 0 Å². The van der Waals surface area contributed by atoms with Crippen LogP contribution in [0.15, 0.2) is 40.2 Å². The van der Waals surface area contributed by atoms with Gasteiger partial charge in [0.2, 0.25) is 5.28 Å². The van der Waals surface area contributed by atoms with E-state index in [4.69, 9.17) is 11.6 Å². The Labute approximate surface area is 153 Å². The number of thioether (sulfide) groups is 1. The van der Waals surface area contributed by atoms with Gasteiger partial charge in [0, 0.05) is 17.5 Å². The molecule has 25 heavy (non-hydrogen) atoms. The van der Waals surface area contributed by atoms with Gasteiger partial charge < -0.3 is 5.32 Å². The van der Waals surface area contributed by atoms with Crippen molar-refractivity contribution in [1.29, 1.82) is 0 Å². The van der Waals surface area contributed by atoms with Gasteiger partial charge in [0.15, 0.2) is 11.5 Å². The van der Waals surface area contributed by atoms with E-state index >= 15 is 0 Å². The Balaban J connectivity index is 1.68. The van der Waals surface area contributed by atoms with E-state index in [1.807, 2.05) is 18.4 Å². The van der Waals surface area contributed by atoms with Crippen LogP contribution < -0.4 is 10.9 Å². The lowest BCUT2D eigenvalue weighted by molar-refractivity contribution is 0.723. The molecule has 1 aliphatic carbocycles. The fraction of sp³-hybridized carbons (Fsp3) is 0.294. The molecule has 2 aromatic heterocycles. The zero-order chi connectivity index (χ0) is 17.4. The Bertz CT molecular complexity index is 985. The smallest absolute Gasteiger partial charge is 0.295 e. The lowest BCUT2D eigenvalue weighted by Gasteiger charge is -2.12. The molecule has 3 aromatic rings. The monoisotopic (exact) mass is 373 g/mol. The van der Waals surface area contributed by atoms with Crippen molar-refractivity contribution in [3.63, 3.8) is 0 Å². The molecule has 1 saturated carbocycles. The average molecular weight is 374 g/mol. The SMILES string of the molecule is CSc1ccc(CNc2nc3cnc(Cl)nc3n(C3CC3)c2=O)cc1. The van der Waals surface area contributed by atoms with Crippen molar-refractivity contribution in [2.24, 2.45) is 0 Å². The Morgan fingerprint density at radius 2 is 2.04 bits per heavy atom. The second kappa shape index (κ2) is 6.65. The van der Waals surface area contributed by atoms with Gasteiger partial charge in [0.05, 0.1) is 6.20 Å². The second-order valence-electron chi connectivity index (χ2n) is 5.92. The molecule has 0 saturated heterocycles. The van der Waals surface area contributed by atoms with E-state index in [-0.39, 0.29) is 16.9 Å². The van der Waals surface area contributed by atoms with Crippen LogP contribution in [0.5, 0.6) is 0 Å². The van der Waals surface area contributed by atoms with Crippen LogP contribution >= 0.6 is 23.4 Å². The van der Waals surface area contributed by atoms with E-state index in [0.29, 0.717) is 23.5 Å². The first-order valence-corrected chi connectivity index (χ1v) is 9.57. The molecule has 0 radical (unpaired) electrons. The highest BCUT2D eigenvalue weighted by molar-refractivity contribution is 7.98. The highest BCUT2D eigenvalue weighted by Gasteiger charge is 2.28. The fourth-order valence-electron chi connectivity index (χ4n) is 2.70. The number of aromatic nitrogens is 4. The normalized spacial score (nSPS) is 14.0. The largest absolute Gasteiger partial charge is 0.361 e. The second-order valence-corrected chi connectivity index (χ2v) is 7.13.